The second-order valence-electron chi connectivity index (χ2n) is 23.9. The van der Waals surface area contributed by atoms with E-state index < -0.39 is 0 Å². The van der Waals surface area contributed by atoms with Crippen LogP contribution in [0.2, 0.25) is 0 Å². The van der Waals surface area contributed by atoms with Crippen LogP contribution in [0.1, 0.15) is 146 Å². The number of esters is 1. The molecule has 13 aliphatic rings. The van der Waals surface area contributed by atoms with Crippen LogP contribution >= 0.6 is 0 Å². The Bertz CT molecular complexity index is 1400. The fourth-order valence-corrected chi connectivity index (χ4v) is 20.1. The summed E-state index contributed by atoms with van der Waals surface area (Å²) >= 11 is 0. The van der Waals surface area contributed by atoms with Crippen LogP contribution < -0.4 is 0 Å². The van der Waals surface area contributed by atoms with E-state index in [-0.39, 0.29) is 12.1 Å². The van der Waals surface area contributed by atoms with Gasteiger partial charge in [0.1, 0.15) is 6.10 Å². The van der Waals surface area contributed by atoms with Crippen LogP contribution in [-0.4, -0.2) is 12.1 Å². The summed E-state index contributed by atoms with van der Waals surface area (Å²) in [7, 11) is 0. The van der Waals surface area contributed by atoms with Gasteiger partial charge in [-0.25, -0.2) is 0 Å². The zero-order valence-corrected chi connectivity index (χ0v) is 36.3. The van der Waals surface area contributed by atoms with Crippen molar-refractivity contribution in [1.82, 2.24) is 0 Å². The highest BCUT2D eigenvalue weighted by Gasteiger charge is 2.66. The van der Waals surface area contributed by atoms with E-state index in [0.29, 0.717) is 5.92 Å². The first-order chi connectivity index (χ1) is 25.9. The van der Waals surface area contributed by atoms with E-state index in [2.05, 4.69) is 67.5 Å². The van der Waals surface area contributed by atoms with Gasteiger partial charge in [0.25, 0.3) is 0 Å². The van der Waals surface area contributed by atoms with Gasteiger partial charge in [0.2, 0.25) is 0 Å². The molecular weight excluding hydrogens is 657 g/mol. The Hall–Kier alpha value is -0.790. The predicted octanol–water partition coefficient (Wildman–Crippen LogP) is 12.9. The molecule has 54 heavy (non-hydrogen) atoms. The standard InChI is InChI=1S/C16H24O2.2C12H20.C12H18/c1-7-8(2)12-6-11(7)15-10-4-13(16(12)15)14(5-10)18-9(3)17;1-7-5-11-9-3-4-10(6-9)12(11)8(7)2;2*1-7-8(2)12-6-11(7)9-4-3-5-10(9)12/h7-8,10-16H,4-6H2,1-3H3;2*7-12H,3-6H2,1-2H3;3-4,7-12H,5-6H2,1-2H3. The second kappa shape index (κ2) is 13.9. The topological polar surface area (TPSA) is 26.3 Å². The van der Waals surface area contributed by atoms with Crippen molar-refractivity contribution >= 4 is 5.97 Å². The second-order valence-corrected chi connectivity index (χ2v) is 23.9. The number of hydrogen-bond acceptors (Lipinski definition) is 2. The Balaban J connectivity index is 0.0000000907. The number of hydrogen-bond donors (Lipinski definition) is 0. The van der Waals surface area contributed by atoms with Crippen molar-refractivity contribution in [3.8, 4) is 0 Å². The monoisotopic (exact) mass is 739 g/mol. The Morgan fingerprint density at radius 3 is 1.70 bits per heavy atom. The van der Waals surface area contributed by atoms with Crippen molar-refractivity contribution < 1.29 is 9.53 Å². The fraction of sp³-hybridized carbons (Fsp3) is 0.942. The first-order valence-corrected chi connectivity index (χ1v) is 24.8. The van der Waals surface area contributed by atoms with Gasteiger partial charge in [-0.3, -0.25) is 4.79 Å². The van der Waals surface area contributed by atoms with Crippen LogP contribution in [0.3, 0.4) is 0 Å². The van der Waals surface area contributed by atoms with Crippen molar-refractivity contribution in [2.45, 2.75) is 152 Å². The van der Waals surface area contributed by atoms with E-state index in [0.717, 1.165) is 143 Å². The van der Waals surface area contributed by atoms with Gasteiger partial charge in [0.05, 0.1) is 0 Å². The molecule has 13 rings (SSSR count). The molecule has 2 nitrogen and oxygen atoms in total. The highest BCUT2D eigenvalue weighted by molar-refractivity contribution is 5.66. The molecule has 0 amide bonds. The summed E-state index contributed by atoms with van der Waals surface area (Å²) < 4.78 is 5.58. The Morgan fingerprint density at radius 2 is 1.04 bits per heavy atom. The van der Waals surface area contributed by atoms with E-state index >= 15 is 0 Å². The van der Waals surface area contributed by atoms with E-state index in [1.54, 1.807) is 64.7 Å². The number of rotatable bonds is 1. The fourth-order valence-electron chi connectivity index (χ4n) is 20.1. The maximum absolute atomic E-state index is 11.2. The van der Waals surface area contributed by atoms with Gasteiger partial charge >= 0.3 is 5.97 Å². The molecule has 0 aromatic heterocycles. The molecule has 2 heteroatoms. The average Bonchev–Trinajstić information content (AvgIpc) is 3.95. The molecule has 0 N–H and O–H groups in total. The largest absolute Gasteiger partial charge is 0.462 e. The molecule has 27 atom stereocenters. The van der Waals surface area contributed by atoms with Crippen molar-refractivity contribution in [2.24, 2.45) is 154 Å². The molecule has 12 fully saturated rings. The molecule has 10 bridgehead atoms. The summed E-state index contributed by atoms with van der Waals surface area (Å²) in [5.74, 6) is 26.7. The van der Waals surface area contributed by atoms with Crippen LogP contribution in [0.4, 0.5) is 0 Å². The van der Waals surface area contributed by atoms with E-state index in [1.165, 1.54) is 31.1 Å². The third-order valence-electron chi connectivity index (χ3n) is 22.9. The summed E-state index contributed by atoms with van der Waals surface area (Å²) in [5.41, 5.74) is 0. The smallest absolute Gasteiger partial charge is 0.302 e. The minimum Gasteiger partial charge on any atom is -0.462 e. The minimum absolute atomic E-state index is 0.0753. The highest BCUT2D eigenvalue weighted by atomic mass is 16.5. The lowest BCUT2D eigenvalue weighted by Gasteiger charge is -2.43. The van der Waals surface area contributed by atoms with Crippen LogP contribution in [0.15, 0.2) is 12.2 Å². The van der Waals surface area contributed by atoms with Crippen LogP contribution in [0.5, 0.6) is 0 Å². The van der Waals surface area contributed by atoms with Crippen molar-refractivity contribution in [3.63, 3.8) is 0 Å². The highest BCUT2D eigenvalue weighted by Crippen LogP contribution is 2.71. The molecule has 12 saturated carbocycles. The Kier molecular flexibility index (Phi) is 9.65. The van der Waals surface area contributed by atoms with Crippen molar-refractivity contribution in [2.75, 3.05) is 0 Å². The maximum Gasteiger partial charge on any atom is 0.302 e. The molecule has 0 saturated heterocycles. The third kappa shape index (κ3) is 5.57. The van der Waals surface area contributed by atoms with Gasteiger partial charge < -0.3 is 4.74 Å². The number of fused-ring (bicyclic) bond motifs is 24. The molecule has 27 unspecified atom stereocenters. The number of carbonyl (C=O) groups is 1. The van der Waals surface area contributed by atoms with E-state index in [4.69, 9.17) is 4.74 Å². The van der Waals surface area contributed by atoms with Gasteiger partial charge in [0, 0.05) is 6.92 Å². The molecule has 0 aromatic carbocycles. The maximum atomic E-state index is 11.2. The lowest BCUT2D eigenvalue weighted by molar-refractivity contribution is -0.151. The lowest BCUT2D eigenvalue weighted by Crippen LogP contribution is -2.41. The van der Waals surface area contributed by atoms with Gasteiger partial charge in [-0.15, -0.1) is 0 Å². The molecule has 13 aliphatic carbocycles. The third-order valence-corrected chi connectivity index (χ3v) is 22.9. The molecule has 302 valence electrons. The quantitative estimate of drug-likeness (QED) is 0.152. The summed E-state index contributed by atoms with van der Waals surface area (Å²) in [6.07, 6.45) is 24.7. The predicted molar refractivity (Wildman–Crippen MR) is 221 cm³/mol. The molecule has 0 spiro atoms. The average molecular weight is 739 g/mol. The van der Waals surface area contributed by atoms with E-state index in [1.807, 2.05) is 0 Å². The Labute approximate surface area is 332 Å². The summed E-state index contributed by atoms with van der Waals surface area (Å²) in [6.45, 7) is 21.4. The molecule has 0 radical (unpaired) electrons. The number of carbonyl (C=O) groups excluding carboxylic acids is 1. The lowest BCUT2D eigenvalue weighted by atomic mass is 9.64. The number of allylic oxidation sites excluding steroid dienone is 2. The SMILES string of the molecule is CC(=O)OC1CC2CC1C1C3CC(C(C)C3C)C21.CC1C(C)C2CC1C1C=CCC12.CC1C(C)C2CC1C1CCCC21.CC1CC2C3CCC(C3)C2C1C. The molecule has 0 aromatic rings. The van der Waals surface area contributed by atoms with Gasteiger partial charge in [-0.2, -0.15) is 0 Å². The molecule has 0 heterocycles. The van der Waals surface area contributed by atoms with Crippen molar-refractivity contribution in [1.29, 1.82) is 0 Å². The van der Waals surface area contributed by atoms with Crippen LogP contribution in [0, 0.1) is 154 Å². The molecular formula is C52H82O2. The zero-order chi connectivity index (χ0) is 37.5. The van der Waals surface area contributed by atoms with Gasteiger partial charge in [0.15, 0.2) is 0 Å². The minimum atomic E-state index is -0.0753. The normalized spacial score (nSPS) is 61.4. The first-order valence-electron chi connectivity index (χ1n) is 24.8. The van der Waals surface area contributed by atoms with Gasteiger partial charge in [-0.1, -0.05) is 74.0 Å². The van der Waals surface area contributed by atoms with E-state index in [9.17, 15) is 4.79 Å². The summed E-state index contributed by atoms with van der Waals surface area (Å²) in [6, 6.07) is 0. The van der Waals surface area contributed by atoms with Crippen molar-refractivity contribution in [3.05, 3.63) is 12.2 Å². The summed E-state index contributed by atoms with van der Waals surface area (Å²) in [5, 5.41) is 0. The first kappa shape index (κ1) is 37.5. The van der Waals surface area contributed by atoms with Crippen LogP contribution in [0.25, 0.3) is 0 Å². The molecule has 0 aliphatic heterocycles. The number of ether oxygens (including phenoxy) is 1. The Morgan fingerprint density at radius 1 is 0.463 bits per heavy atom. The summed E-state index contributed by atoms with van der Waals surface area (Å²) in [4.78, 5) is 11.2. The van der Waals surface area contributed by atoms with Crippen LogP contribution in [-0.2, 0) is 9.53 Å². The van der Waals surface area contributed by atoms with Gasteiger partial charge in [-0.05, 0) is 231 Å². The zero-order valence-electron chi connectivity index (χ0n) is 36.3.